The number of carbonyl (C=O) groups is 1. The number of carbonyl (C=O) groups excluding carboxylic acids is 1. The number of hydrogen-bond donors (Lipinski definition) is 1. The minimum atomic E-state index is 0.122. The Balaban J connectivity index is 2.45. The summed E-state index contributed by atoms with van der Waals surface area (Å²) >= 11 is 3.49. The van der Waals surface area contributed by atoms with Crippen LogP contribution in [0, 0.1) is 0 Å². The molecular formula is C10H10BrNO. The Hall–Kier alpha value is -0.830. The van der Waals surface area contributed by atoms with Crippen molar-refractivity contribution in [3.05, 3.63) is 28.2 Å². The monoisotopic (exact) mass is 239 g/mol. The summed E-state index contributed by atoms with van der Waals surface area (Å²) in [5, 5.41) is 2.89. The van der Waals surface area contributed by atoms with Gasteiger partial charge in [0.2, 0.25) is 5.91 Å². The van der Waals surface area contributed by atoms with Crippen molar-refractivity contribution in [1.29, 1.82) is 0 Å². The van der Waals surface area contributed by atoms with E-state index in [1.54, 1.807) is 0 Å². The van der Waals surface area contributed by atoms with Gasteiger partial charge in [-0.3, -0.25) is 4.79 Å². The van der Waals surface area contributed by atoms with E-state index < -0.39 is 0 Å². The molecule has 68 valence electrons. The average molecular weight is 240 g/mol. The van der Waals surface area contributed by atoms with Crippen LogP contribution < -0.4 is 5.32 Å². The van der Waals surface area contributed by atoms with Crippen LogP contribution in [0.25, 0.3) is 0 Å². The van der Waals surface area contributed by atoms with Gasteiger partial charge in [0.05, 0.1) is 0 Å². The number of nitrogens with one attached hydrogen (secondary N) is 1. The van der Waals surface area contributed by atoms with Crippen LogP contribution in [0.2, 0.25) is 0 Å². The van der Waals surface area contributed by atoms with Crippen molar-refractivity contribution in [2.24, 2.45) is 0 Å². The topological polar surface area (TPSA) is 29.1 Å². The van der Waals surface area contributed by atoms with Gasteiger partial charge in [0.15, 0.2) is 0 Å². The highest BCUT2D eigenvalue weighted by molar-refractivity contribution is 9.10. The van der Waals surface area contributed by atoms with Crippen LogP contribution in [0.3, 0.4) is 0 Å². The van der Waals surface area contributed by atoms with Gasteiger partial charge in [-0.05, 0) is 30.5 Å². The molecule has 1 heterocycles. The third kappa shape index (κ3) is 1.75. The van der Waals surface area contributed by atoms with Crippen LogP contribution in [0.1, 0.15) is 18.4 Å². The number of amides is 1. The van der Waals surface area contributed by atoms with Crippen LogP contribution >= 0.6 is 15.9 Å². The Labute approximate surface area is 85.5 Å². The molecule has 1 aromatic carbocycles. The third-order valence-corrected chi connectivity index (χ3v) is 2.97. The van der Waals surface area contributed by atoms with Gasteiger partial charge in [0.25, 0.3) is 0 Å². The van der Waals surface area contributed by atoms with Crippen LogP contribution in [0.5, 0.6) is 0 Å². The van der Waals surface area contributed by atoms with Crippen LogP contribution in [0.4, 0.5) is 5.69 Å². The van der Waals surface area contributed by atoms with E-state index in [1.165, 1.54) is 5.56 Å². The summed E-state index contributed by atoms with van der Waals surface area (Å²) in [5.74, 6) is 0.122. The van der Waals surface area contributed by atoms with E-state index in [9.17, 15) is 4.79 Å². The van der Waals surface area contributed by atoms with E-state index in [-0.39, 0.29) is 5.91 Å². The maximum atomic E-state index is 11.2. The van der Waals surface area contributed by atoms with Crippen LogP contribution in [-0.2, 0) is 11.2 Å². The quantitative estimate of drug-likeness (QED) is 0.742. The lowest BCUT2D eigenvalue weighted by Crippen LogP contribution is -2.09. The summed E-state index contributed by atoms with van der Waals surface area (Å²) in [7, 11) is 0. The third-order valence-electron chi connectivity index (χ3n) is 2.22. The van der Waals surface area contributed by atoms with E-state index in [2.05, 4.69) is 21.2 Å². The summed E-state index contributed by atoms with van der Waals surface area (Å²) in [6, 6.07) is 5.90. The van der Waals surface area contributed by atoms with E-state index in [1.807, 2.05) is 18.2 Å². The van der Waals surface area contributed by atoms with E-state index in [0.29, 0.717) is 6.42 Å². The van der Waals surface area contributed by atoms with Crippen LogP contribution in [-0.4, -0.2) is 5.91 Å². The fourth-order valence-electron chi connectivity index (χ4n) is 1.57. The first-order chi connectivity index (χ1) is 6.27. The van der Waals surface area contributed by atoms with Gasteiger partial charge in [0.1, 0.15) is 0 Å². The minimum Gasteiger partial charge on any atom is -0.326 e. The molecule has 13 heavy (non-hydrogen) atoms. The van der Waals surface area contributed by atoms with Gasteiger partial charge in [-0.1, -0.05) is 22.0 Å². The molecule has 1 amide bonds. The number of rotatable bonds is 0. The van der Waals surface area contributed by atoms with Gasteiger partial charge in [-0.25, -0.2) is 0 Å². The van der Waals surface area contributed by atoms with Crippen molar-refractivity contribution >= 4 is 27.5 Å². The molecule has 0 radical (unpaired) electrons. The molecule has 0 aliphatic carbocycles. The standard InChI is InChI=1S/C10H10BrNO/c11-8-4-2-5-9-7(8)3-1-6-10(13)12-9/h2,4-5H,1,3,6H2,(H,12,13). The molecule has 0 aromatic heterocycles. The Kier molecular flexibility index (Phi) is 2.36. The van der Waals surface area contributed by atoms with Gasteiger partial charge < -0.3 is 5.32 Å². The Morgan fingerprint density at radius 1 is 1.31 bits per heavy atom. The number of halogens is 1. The van der Waals surface area contributed by atoms with Crippen LogP contribution in [0.15, 0.2) is 22.7 Å². The lowest BCUT2D eigenvalue weighted by atomic mass is 10.1. The number of anilines is 1. The lowest BCUT2D eigenvalue weighted by molar-refractivity contribution is -0.116. The Bertz CT molecular complexity index is 349. The number of benzene rings is 1. The highest BCUT2D eigenvalue weighted by Crippen LogP contribution is 2.28. The van der Waals surface area contributed by atoms with Crippen molar-refractivity contribution < 1.29 is 4.79 Å². The smallest absolute Gasteiger partial charge is 0.224 e. The molecule has 1 aromatic rings. The first-order valence-corrected chi connectivity index (χ1v) is 5.14. The second-order valence-corrected chi connectivity index (χ2v) is 4.02. The van der Waals surface area contributed by atoms with E-state index in [4.69, 9.17) is 0 Å². The van der Waals surface area contributed by atoms with Crippen molar-refractivity contribution in [3.8, 4) is 0 Å². The summed E-state index contributed by atoms with van der Waals surface area (Å²) in [4.78, 5) is 11.2. The van der Waals surface area contributed by atoms with Gasteiger partial charge in [-0.2, -0.15) is 0 Å². The molecule has 0 fully saturated rings. The highest BCUT2D eigenvalue weighted by Gasteiger charge is 2.13. The molecule has 1 aliphatic heterocycles. The number of fused-ring (bicyclic) bond motifs is 1. The summed E-state index contributed by atoms with van der Waals surface area (Å²) in [6.07, 6.45) is 2.53. The SMILES string of the molecule is O=C1CCCc2c(Br)cccc2N1. The summed E-state index contributed by atoms with van der Waals surface area (Å²) < 4.78 is 1.09. The largest absolute Gasteiger partial charge is 0.326 e. The Morgan fingerprint density at radius 3 is 3.00 bits per heavy atom. The number of hydrogen-bond acceptors (Lipinski definition) is 1. The van der Waals surface area contributed by atoms with E-state index in [0.717, 1.165) is 23.0 Å². The first-order valence-electron chi connectivity index (χ1n) is 4.34. The predicted octanol–water partition coefficient (Wildman–Crippen LogP) is 2.72. The lowest BCUT2D eigenvalue weighted by Gasteiger charge is -2.07. The summed E-state index contributed by atoms with van der Waals surface area (Å²) in [5.41, 5.74) is 2.17. The maximum Gasteiger partial charge on any atom is 0.224 e. The van der Waals surface area contributed by atoms with Crippen molar-refractivity contribution in [1.82, 2.24) is 0 Å². The van der Waals surface area contributed by atoms with Crippen molar-refractivity contribution in [2.45, 2.75) is 19.3 Å². The first kappa shape index (κ1) is 8.75. The average Bonchev–Trinajstić information content (AvgIpc) is 2.27. The zero-order valence-electron chi connectivity index (χ0n) is 7.14. The minimum absolute atomic E-state index is 0.122. The second kappa shape index (κ2) is 3.50. The van der Waals surface area contributed by atoms with Crippen molar-refractivity contribution in [3.63, 3.8) is 0 Å². The second-order valence-electron chi connectivity index (χ2n) is 3.17. The molecule has 3 heteroatoms. The summed E-state index contributed by atoms with van der Waals surface area (Å²) in [6.45, 7) is 0. The molecule has 0 atom stereocenters. The molecule has 2 rings (SSSR count). The van der Waals surface area contributed by atoms with Gasteiger partial charge >= 0.3 is 0 Å². The molecule has 1 N–H and O–H groups in total. The van der Waals surface area contributed by atoms with Gasteiger partial charge in [-0.15, -0.1) is 0 Å². The Morgan fingerprint density at radius 2 is 2.15 bits per heavy atom. The molecule has 0 unspecified atom stereocenters. The van der Waals surface area contributed by atoms with E-state index >= 15 is 0 Å². The molecule has 1 aliphatic rings. The van der Waals surface area contributed by atoms with Crippen molar-refractivity contribution in [2.75, 3.05) is 5.32 Å². The molecule has 0 saturated heterocycles. The zero-order valence-corrected chi connectivity index (χ0v) is 8.73. The predicted molar refractivity (Wildman–Crippen MR) is 55.7 cm³/mol. The maximum absolute atomic E-state index is 11.2. The molecule has 0 bridgehead atoms. The fourth-order valence-corrected chi connectivity index (χ4v) is 2.13. The molecule has 0 saturated carbocycles. The molecule has 2 nitrogen and oxygen atoms in total. The van der Waals surface area contributed by atoms with Gasteiger partial charge in [0, 0.05) is 16.6 Å². The normalized spacial score (nSPS) is 15.9. The molecule has 0 spiro atoms. The zero-order chi connectivity index (χ0) is 9.26. The highest BCUT2D eigenvalue weighted by atomic mass is 79.9. The fraction of sp³-hybridized carbons (Fsp3) is 0.300. The molecular weight excluding hydrogens is 230 g/mol.